The fourth-order valence-corrected chi connectivity index (χ4v) is 5.89. The molecule has 0 bridgehead atoms. The maximum atomic E-state index is 13.6. The van der Waals surface area contributed by atoms with Crippen molar-refractivity contribution in [3.63, 3.8) is 0 Å². The van der Waals surface area contributed by atoms with E-state index in [0.29, 0.717) is 20.6 Å². The first-order chi connectivity index (χ1) is 16.3. The molecule has 4 aromatic rings. The minimum absolute atomic E-state index is 0.168. The number of thiophene rings is 1. The van der Waals surface area contributed by atoms with E-state index in [0.717, 1.165) is 27.4 Å². The number of hydrogen-bond donors (Lipinski definition) is 1. The van der Waals surface area contributed by atoms with Crippen LogP contribution >= 0.6 is 22.7 Å². The lowest BCUT2D eigenvalue weighted by molar-refractivity contribution is -0.113. The largest absolute Gasteiger partial charge is 0.322 e. The zero-order chi connectivity index (χ0) is 24.0. The van der Waals surface area contributed by atoms with E-state index in [9.17, 15) is 9.59 Å². The Morgan fingerprint density at radius 2 is 1.94 bits per heavy atom. The van der Waals surface area contributed by atoms with Crippen molar-refractivity contribution in [3.8, 4) is 0 Å². The normalized spacial score (nSPS) is 15.9. The van der Waals surface area contributed by atoms with E-state index < -0.39 is 6.04 Å². The highest BCUT2D eigenvalue weighted by molar-refractivity contribution is 7.10. The van der Waals surface area contributed by atoms with Gasteiger partial charge >= 0.3 is 0 Å². The molecule has 34 heavy (non-hydrogen) atoms. The SMILES string of the molecule is CC1=C(C(=O)Nc2ccccc2C)[C@H](c2cccs2)n2c(sc(=Cc3cnn(C)c3C)c2=O)=N1. The van der Waals surface area contributed by atoms with Gasteiger partial charge in [0.2, 0.25) is 0 Å². The summed E-state index contributed by atoms with van der Waals surface area (Å²) in [4.78, 5) is 33.4. The fraction of sp³-hybridized carbons (Fsp3) is 0.200. The van der Waals surface area contributed by atoms with Crippen molar-refractivity contribution in [2.24, 2.45) is 12.0 Å². The Morgan fingerprint density at radius 1 is 1.15 bits per heavy atom. The number of allylic oxidation sites excluding steroid dienone is 1. The number of para-hydroxylation sites is 1. The molecular formula is C25H23N5O2S2. The van der Waals surface area contributed by atoms with Crippen LogP contribution < -0.4 is 20.2 Å². The number of nitrogens with one attached hydrogen (secondary N) is 1. The molecule has 1 aliphatic rings. The van der Waals surface area contributed by atoms with Crippen LogP contribution in [0.4, 0.5) is 5.69 Å². The fourth-order valence-electron chi connectivity index (χ4n) is 4.03. The summed E-state index contributed by atoms with van der Waals surface area (Å²) in [7, 11) is 1.87. The van der Waals surface area contributed by atoms with Crippen molar-refractivity contribution < 1.29 is 4.79 Å². The first-order valence-corrected chi connectivity index (χ1v) is 12.5. The smallest absolute Gasteiger partial charge is 0.271 e. The van der Waals surface area contributed by atoms with E-state index in [4.69, 9.17) is 0 Å². The zero-order valence-electron chi connectivity index (χ0n) is 19.2. The molecule has 172 valence electrons. The molecule has 3 aromatic heterocycles. The highest BCUT2D eigenvalue weighted by Gasteiger charge is 2.33. The number of rotatable bonds is 4. The minimum Gasteiger partial charge on any atom is -0.322 e. The molecule has 1 aromatic carbocycles. The van der Waals surface area contributed by atoms with Crippen LogP contribution in [-0.2, 0) is 11.8 Å². The van der Waals surface area contributed by atoms with Crippen LogP contribution in [0.5, 0.6) is 0 Å². The number of amides is 1. The van der Waals surface area contributed by atoms with Crippen LogP contribution in [0.15, 0.2) is 69.0 Å². The Kier molecular flexibility index (Phi) is 5.66. The molecule has 0 saturated heterocycles. The van der Waals surface area contributed by atoms with Crippen LogP contribution in [0.25, 0.3) is 6.08 Å². The minimum atomic E-state index is -0.544. The Morgan fingerprint density at radius 3 is 2.62 bits per heavy atom. The van der Waals surface area contributed by atoms with Crippen molar-refractivity contribution in [2.75, 3.05) is 5.32 Å². The lowest BCUT2D eigenvalue weighted by atomic mass is 10.0. The monoisotopic (exact) mass is 489 g/mol. The maximum Gasteiger partial charge on any atom is 0.271 e. The average molecular weight is 490 g/mol. The van der Waals surface area contributed by atoms with Crippen LogP contribution in [0, 0.1) is 13.8 Å². The molecule has 0 unspecified atom stereocenters. The first-order valence-electron chi connectivity index (χ1n) is 10.8. The molecule has 0 aliphatic carbocycles. The molecule has 4 heterocycles. The van der Waals surface area contributed by atoms with Gasteiger partial charge in [-0.05, 0) is 49.9 Å². The lowest BCUT2D eigenvalue weighted by Crippen LogP contribution is -2.40. The third-order valence-corrected chi connectivity index (χ3v) is 7.94. The standard InChI is InChI=1S/C25H23N5O2S2/c1-14-8-5-6-9-18(14)28-23(31)21-15(2)27-25-30(22(21)19-10-7-11-33-19)24(32)20(34-25)12-17-13-26-29(4)16(17)3/h5-13,22H,1-4H3,(H,28,31)/t22-/m0/s1. The number of aryl methyl sites for hydroxylation is 2. The average Bonchev–Trinajstić information content (AvgIpc) is 3.52. The second kappa shape index (κ2) is 8.66. The molecule has 1 aliphatic heterocycles. The summed E-state index contributed by atoms with van der Waals surface area (Å²) < 4.78 is 3.98. The number of aromatic nitrogens is 3. The molecule has 1 amide bonds. The van der Waals surface area contributed by atoms with E-state index in [1.807, 2.05) is 75.7 Å². The number of carbonyl (C=O) groups excluding carboxylic acids is 1. The van der Waals surface area contributed by atoms with E-state index in [1.54, 1.807) is 15.4 Å². The van der Waals surface area contributed by atoms with E-state index in [1.165, 1.54) is 22.7 Å². The maximum absolute atomic E-state index is 13.6. The number of fused-ring (bicyclic) bond motifs is 1. The molecule has 0 spiro atoms. The number of thiazole rings is 1. The molecule has 7 nitrogen and oxygen atoms in total. The van der Waals surface area contributed by atoms with Gasteiger partial charge in [0.15, 0.2) is 4.80 Å². The summed E-state index contributed by atoms with van der Waals surface area (Å²) in [6, 6.07) is 11.0. The van der Waals surface area contributed by atoms with Crippen molar-refractivity contribution in [3.05, 3.63) is 101 Å². The Balaban J connectivity index is 1.66. The summed E-state index contributed by atoms with van der Waals surface area (Å²) in [6.07, 6.45) is 3.60. The van der Waals surface area contributed by atoms with Crippen molar-refractivity contribution in [1.29, 1.82) is 0 Å². The summed E-state index contributed by atoms with van der Waals surface area (Å²) in [5.74, 6) is -0.258. The zero-order valence-corrected chi connectivity index (χ0v) is 20.8. The molecule has 1 N–H and O–H groups in total. The van der Waals surface area contributed by atoms with E-state index >= 15 is 0 Å². The van der Waals surface area contributed by atoms with Gasteiger partial charge in [-0.25, -0.2) is 4.99 Å². The van der Waals surface area contributed by atoms with Gasteiger partial charge in [-0.2, -0.15) is 5.10 Å². The van der Waals surface area contributed by atoms with Gasteiger partial charge in [-0.3, -0.25) is 18.8 Å². The van der Waals surface area contributed by atoms with Gasteiger partial charge in [0.25, 0.3) is 11.5 Å². The summed E-state index contributed by atoms with van der Waals surface area (Å²) in [5.41, 5.74) is 4.47. The van der Waals surface area contributed by atoms with Gasteiger partial charge in [-0.1, -0.05) is 35.6 Å². The van der Waals surface area contributed by atoms with E-state index in [-0.39, 0.29) is 11.5 Å². The summed E-state index contributed by atoms with van der Waals surface area (Å²) in [6.45, 7) is 5.74. The third kappa shape index (κ3) is 3.76. The molecule has 0 radical (unpaired) electrons. The highest BCUT2D eigenvalue weighted by Crippen LogP contribution is 2.33. The van der Waals surface area contributed by atoms with Gasteiger partial charge < -0.3 is 5.32 Å². The van der Waals surface area contributed by atoms with Crippen LogP contribution in [0.1, 0.15) is 34.7 Å². The van der Waals surface area contributed by atoms with Crippen LogP contribution in [-0.4, -0.2) is 20.3 Å². The second-order valence-electron chi connectivity index (χ2n) is 8.18. The topological polar surface area (TPSA) is 81.3 Å². The van der Waals surface area contributed by atoms with Crippen LogP contribution in [0.3, 0.4) is 0 Å². The van der Waals surface area contributed by atoms with E-state index in [2.05, 4.69) is 15.4 Å². The third-order valence-electron chi connectivity index (χ3n) is 6.03. The van der Waals surface area contributed by atoms with Crippen molar-refractivity contribution >= 4 is 40.3 Å². The van der Waals surface area contributed by atoms with Crippen molar-refractivity contribution in [2.45, 2.75) is 26.8 Å². The molecule has 0 fully saturated rings. The number of hydrogen-bond acceptors (Lipinski definition) is 6. The number of benzene rings is 1. The number of anilines is 1. The lowest BCUT2D eigenvalue weighted by Gasteiger charge is -2.24. The molecule has 0 saturated carbocycles. The Hall–Kier alpha value is -3.56. The Bertz CT molecular complexity index is 1620. The second-order valence-corrected chi connectivity index (χ2v) is 10.2. The predicted octanol–water partition coefficient (Wildman–Crippen LogP) is 3.29. The number of nitrogens with zero attached hydrogens (tertiary/aromatic N) is 4. The summed E-state index contributed by atoms with van der Waals surface area (Å²) >= 11 is 2.85. The number of carbonyl (C=O) groups is 1. The van der Waals surface area contributed by atoms with Gasteiger partial charge in [0.1, 0.15) is 6.04 Å². The molecule has 1 atom stereocenters. The predicted molar refractivity (Wildman–Crippen MR) is 136 cm³/mol. The Labute approximate surface area is 204 Å². The first kappa shape index (κ1) is 22.2. The summed E-state index contributed by atoms with van der Waals surface area (Å²) in [5, 5.41) is 9.25. The van der Waals surface area contributed by atoms with Gasteiger partial charge in [0.05, 0.1) is 22.0 Å². The molecule has 5 rings (SSSR count). The van der Waals surface area contributed by atoms with Crippen molar-refractivity contribution in [1.82, 2.24) is 14.3 Å². The highest BCUT2D eigenvalue weighted by atomic mass is 32.1. The van der Waals surface area contributed by atoms with Gasteiger partial charge in [0, 0.05) is 28.9 Å². The quantitative estimate of drug-likeness (QED) is 0.478. The molecule has 9 heteroatoms. The molecular weight excluding hydrogens is 466 g/mol. The van der Waals surface area contributed by atoms with Gasteiger partial charge in [-0.15, -0.1) is 11.3 Å². The van der Waals surface area contributed by atoms with Crippen LogP contribution in [0.2, 0.25) is 0 Å².